The lowest BCUT2D eigenvalue weighted by Crippen LogP contribution is -2.33. The molecule has 3 nitrogen and oxygen atoms in total. The zero-order valence-electron chi connectivity index (χ0n) is 12.7. The number of hydrogen-bond donors (Lipinski definition) is 1. The quantitative estimate of drug-likeness (QED) is 0.791. The lowest BCUT2D eigenvalue weighted by Gasteiger charge is -2.27. The molecular formula is C17H28N2O. The molecular weight excluding hydrogens is 248 g/mol. The van der Waals surface area contributed by atoms with Gasteiger partial charge in [0.2, 0.25) is 0 Å². The maximum Gasteiger partial charge on any atom is 0.0468 e. The highest BCUT2D eigenvalue weighted by Gasteiger charge is 2.19. The first kappa shape index (κ1) is 15.5. The second-order valence-electron chi connectivity index (χ2n) is 5.80. The lowest BCUT2D eigenvalue weighted by atomic mass is 9.90. The van der Waals surface area contributed by atoms with Gasteiger partial charge in [-0.25, -0.2) is 0 Å². The van der Waals surface area contributed by atoms with E-state index in [0.29, 0.717) is 6.04 Å². The molecule has 112 valence electrons. The zero-order valence-corrected chi connectivity index (χ0v) is 12.7. The summed E-state index contributed by atoms with van der Waals surface area (Å²) in [5.41, 5.74) is 1.21. The first-order valence-electron chi connectivity index (χ1n) is 8.09. The van der Waals surface area contributed by atoms with Gasteiger partial charge in [0.1, 0.15) is 0 Å². The van der Waals surface area contributed by atoms with Crippen molar-refractivity contribution in [3.05, 3.63) is 30.1 Å². The molecule has 20 heavy (non-hydrogen) atoms. The van der Waals surface area contributed by atoms with E-state index in [4.69, 9.17) is 4.74 Å². The standard InChI is InChI=1S/C17H28N2O/c1-2-10-18-17(14-15-8-12-20-13-9-15)7-6-16-5-3-4-11-19-16/h3-5,11,15,17-18H,2,6-10,12-14H2,1H3. The van der Waals surface area contributed by atoms with E-state index in [-0.39, 0.29) is 0 Å². The molecule has 1 atom stereocenters. The number of nitrogens with one attached hydrogen (secondary N) is 1. The molecule has 0 radical (unpaired) electrons. The Kier molecular flexibility index (Phi) is 7.02. The van der Waals surface area contributed by atoms with Gasteiger partial charge in [0.15, 0.2) is 0 Å². The number of aryl methyl sites for hydroxylation is 1. The van der Waals surface area contributed by atoms with Crippen LogP contribution in [0.4, 0.5) is 0 Å². The van der Waals surface area contributed by atoms with Crippen LogP contribution in [0.2, 0.25) is 0 Å². The number of aromatic nitrogens is 1. The van der Waals surface area contributed by atoms with Crippen LogP contribution < -0.4 is 5.32 Å². The largest absolute Gasteiger partial charge is 0.381 e. The molecule has 0 bridgehead atoms. The minimum atomic E-state index is 0.625. The van der Waals surface area contributed by atoms with E-state index in [1.807, 2.05) is 12.3 Å². The number of nitrogens with zero attached hydrogens (tertiary/aromatic N) is 1. The maximum absolute atomic E-state index is 5.46. The molecule has 1 aliphatic rings. The minimum Gasteiger partial charge on any atom is -0.381 e. The molecule has 0 amide bonds. The van der Waals surface area contributed by atoms with E-state index in [0.717, 1.165) is 32.1 Å². The summed E-state index contributed by atoms with van der Waals surface area (Å²) in [5.74, 6) is 0.835. The summed E-state index contributed by atoms with van der Waals surface area (Å²) in [6, 6.07) is 6.82. The highest BCUT2D eigenvalue weighted by Crippen LogP contribution is 2.21. The number of ether oxygens (including phenoxy) is 1. The van der Waals surface area contributed by atoms with Gasteiger partial charge in [0.05, 0.1) is 0 Å². The monoisotopic (exact) mass is 276 g/mol. The Morgan fingerprint density at radius 1 is 1.35 bits per heavy atom. The van der Waals surface area contributed by atoms with Crippen molar-refractivity contribution in [2.24, 2.45) is 5.92 Å². The van der Waals surface area contributed by atoms with Gasteiger partial charge in [0, 0.05) is 31.1 Å². The van der Waals surface area contributed by atoms with Gasteiger partial charge in [-0.2, -0.15) is 0 Å². The van der Waals surface area contributed by atoms with E-state index in [1.54, 1.807) is 0 Å². The molecule has 0 saturated carbocycles. The summed E-state index contributed by atoms with van der Waals surface area (Å²) in [6.45, 7) is 5.25. The molecule has 2 heterocycles. The van der Waals surface area contributed by atoms with E-state index in [2.05, 4.69) is 29.4 Å². The average molecular weight is 276 g/mol. The van der Waals surface area contributed by atoms with Crippen LogP contribution in [0.15, 0.2) is 24.4 Å². The molecule has 3 heteroatoms. The predicted octanol–water partition coefficient (Wildman–Crippen LogP) is 3.20. The maximum atomic E-state index is 5.46. The Bertz CT molecular complexity index is 349. The third-order valence-corrected chi connectivity index (χ3v) is 4.12. The fraction of sp³-hybridized carbons (Fsp3) is 0.706. The van der Waals surface area contributed by atoms with Gasteiger partial charge < -0.3 is 10.1 Å². The Morgan fingerprint density at radius 3 is 2.90 bits per heavy atom. The molecule has 1 N–H and O–H groups in total. The van der Waals surface area contributed by atoms with Crippen LogP contribution in [0.25, 0.3) is 0 Å². The van der Waals surface area contributed by atoms with Gasteiger partial charge in [-0.15, -0.1) is 0 Å². The van der Waals surface area contributed by atoms with E-state index in [9.17, 15) is 0 Å². The molecule has 1 fully saturated rings. The minimum absolute atomic E-state index is 0.625. The summed E-state index contributed by atoms with van der Waals surface area (Å²) in [6.07, 6.45) is 9.11. The average Bonchev–Trinajstić information content (AvgIpc) is 2.52. The van der Waals surface area contributed by atoms with E-state index in [1.165, 1.54) is 37.8 Å². The van der Waals surface area contributed by atoms with Crippen molar-refractivity contribution in [1.29, 1.82) is 0 Å². The van der Waals surface area contributed by atoms with Crippen molar-refractivity contribution in [3.8, 4) is 0 Å². The molecule has 1 unspecified atom stereocenters. The number of rotatable bonds is 8. The van der Waals surface area contributed by atoms with Crippen LogP contribution in [0.5, 0.6) is 0 Å². The van der Waals surface area contributed by atoms with Crippen molar-refractivity contribution in [2.45, 2.75) is 51.5 Å². The molecule has 1 aromatic rings. The first-order chi connectivity index (χ1) is 9.88. The fourth-order valence-electron chi connectivity index (χ4n) is 2.90. The summed E-state index contributed by atoms with van der Waals surface area (Å²) in [4.78, 5) is 4.43. The Morgan fingerprint density at radius 2 is 2.20 bits per heavy atom. The molecule has 1 aliphatic heterocycles. The van der Waals surface area contributed by atoms with Gasteiger partial charge in [0.25, 0.3) is 0 Å². The highest BCUT2D eigenvalue weighted by atomic mass is 16.5. The van der Waals surface area contributed by atoms with Crippen molar-refractivity contribution in [2.75, 3.05) is 19.8 Å². The first-order valence-corrected chi connectivity index (χ1v) is 8.09. The van der Waals surface area contributed by atoms with Crippen LogP contribution in [0.1, 0.15) is 44.7 Å². The van der Waals surface area contributed by atoms with Crippen LogP contribution >= 0.6 is 0 Å². The number of pyridine rings is 1. The van der Waals surface area contributed by atoms with Crippen LogP contribution in [0, 0.1) is 5.92 Å². The zero-order chi connectivity index (χ0) is 14.0. The third kappa shape index (κ3) is 5.59. The summed E-state index contributed by atoms with van der Waals surface area (Å²) < 4.78 is 5.46. The molecule has 0 aliphatic carbocycles. The molecule has 2 rings (SSSR count). The molecule has 1 saturated heterocycles. The SMILES string of the molecule is CCCNC(CCc1ccccn1)CC1CCOCC1. The Hall–Kier alpha value is -0.930. The normalized spacial score (nSPS) is 18.1. The highest BCUT2D eigenvalue weighted by molar-refractivity contribution is 5.03. The summed E-state index contributed by atoms with van der Waals surface area (Å²) >= 11 is 0. The van der Waals surface area contributed by atoms with Gasteiger partial charge in [-0.1, -0.05) is 13.0 Å². The van der Waals surface area contributed by atoms with E-state index >= 15 is 0 Å². The van der Waals surface area contributed by atoms with Gasteiger partial charge in [-0.05, 0) is 63.1 Å². The second-order valence-corrected chi connectivity index (χ2v) is 5.80. The van der Waals surface area contributed by atoms with E-state index < -0.39 is 0 Å². The van der Waals surface area contributed by atoms with Crippen LogP contribution in [-0.4, -0.2) is 30.8 Å². The fourth-order valence-corrected chi connectivity index (χ4v) is 2.90. The Balaban J connectivity index is 1.79. The summed E-state index contributed by atoms with van der Waals surface area (Å²) in [7, 11) is 0. The second kappa shape index (κ2) is 9.09. The molecule has 0 spiro atoms. The molecule has 1 aromatic heterocycles. The smallest absolute Gasteiger partial charge is 0.0468 e. The summed E-state index contributed by atoms with van der Waals surface area (Å²) in [5, 5.41) is 3.72. The molecule has 0 aromatic carbocycles. The number of hydrogen-bond acceptors (Lipinski definition) is 3. The van der Waals surface area contributed by atoms with Gasteiger partial charge in [-0.3, -0.25) is 4.98 Å². The predicted molar refractivity (Wildman–Crippen MR) is 82.8 cm³/mol. The van der Waals surface area contributed by atoms with Crippen molar-refractivity contribution in [3.63, 3.8) is 0 Å². The Labute approximate surface area is 123 Å². The lowest BCUT2D eigenvalue weighted by molar-refractivity contribution is 0.0602. The van der Waals surface area contributed by atoms with Crippen molar-refractivity contribution < 1.29 is 4.74 Å². The van der Waals surface area contributed by atoms with Crippen molar-refractivity contribution in [1.82, 2.24) is 10.3 Å². The van der Waals surface area contributed by atoms with Crippen molar-refractivity contribution >= 4 is 0 Å². The van der Waals surface area contributed by atoms with Crippen LogP contribution in [0.3, 0.4) is 0 Å². The third-order valence-electron chi connectivity index (χ3n) is 4.12. The topological polar surface area (TPSA) is 34.2 Å². The van der Waals surface area contributed by atoms with Crippen LogP contribution in [-0.2, 0) is 11.2 Å². The van der Waals surface area contributed by atoms with Gasteiger partial charge >= 0.3 is 0 Å².